The molecule has 25 heavy (non-hydrogen) atoms. The fourth-order valence-corrected chi connectivity index (χ4v) is 3.23. The van der Waals surface area contributed by atoms with Gasteiger partial charge in [-0.25, -0.2) is 0 Å². The van der Waals surface area contributed by atoms with E-state index in [9.17, 15) is 4.79 Å². The highest BCUT2D eigenvalue weighted by molar-refractivity contribution is 6.09. The zero-order valence-corrected chi connectivity index (χ0v) is 15.2. The molecule has 0 bridgehead atoms. The summed E-state index contributed by atoms with van der Waals surface area (Å²) in [6, 6.07) is 13.9. The van der Waals surface area contributed by atoms with Gasteiger partial charge in [-0.05, 0) is 32.0 Å². The Hall–Kier alpha value is -2.59. The maximum absolute atomic E-state index is 13.0. The summed E-state index contributed by atoms with van der Waals surface area (Å²) in [4.78, 5) is 17.3. The largest absolute Gasteiger partial charge is 0.496 e. The molecule has 3 rings (SSSR count). The first-order chi connectivity index (χ1) is 12.0. The summed E-state index contributed by atoms with van der Waals surface area (Å²) in [6.07, 6.45) is 1.82. The maximum atomic E-state index is 13.0. The van der Waals surface area contributed by atoms with Gasteiger partial charge >= 0.3 is 0 Å². The summed E-state index contributed by atoms with van der Waals surface area (Å²) < 4.78 is 5.47. The lowest BCUT2D eigenvalue weighted by molar-refractivity contribution is -0.907. The molecule has 4 nitrogen and oxygen atoms in total. The van der Waals surface area contributed by atoms with Gasteiger partial charge in [-0.15, -0.1) is 0 Å². The lowest BCUT2D eigenvalue weighted by Gasteiger charge is -2.22. The van der Waals surface area contributed by atoms with Gasteiger partial charge in [0.05, 0.1) is 14.2 Å². The summed E-state index contributed by atoms with van der Waals surface area (Å²) in [6.45, 7) is 4.79. The van der Waals surface area contributed by atoms with E-state index >= 15 is 0 Å². The number of ether oxygens (including phenoxy) is 1. The third-order valence-electron chi connectivity index (χ3n) is 4.89. The molecular weight excluding hydrogens is 312 g/mol. The smallest absolute Gasteiger partial charge is 0.221 e. The molecule has 3 aromatic rings. The normalized spacial score (nSPS) is 13.6. The van der Waals surface area contributed by atoms with Gasteiger partial charge in [0, 0.05) is 28.2 Å². The summed E-state index contributed by atoms with van der Waals surface area (Å²) in [5.41, 5.74) is 4.08. The Morgan fingerprint density at radius 2 is 2.00 bits per heavy atom. The number of aromatic nitrogens is 1. The number of carbonyl (C=O) groups is 1. The van der Waals surface area contributed by atoms with Crippen molar-refractivity contribution in [2.75, 3.05) is 14.2 Å². The average molecular weight is 337 g/mol. The molecule has 0 aliphatic carbocycles. The van der Waals surface area contributed by atoms with E-state index < -0.39 is 0 Å². The first-order valence-corrected chi connectivity index (χ1v) is 8.57. The molecule has 2 atom stereocenters. The second-order valence-corrected chi connectivity index (χ2v) is 6.67. The Kier molecular flexibility index (Phi) is 4.91. The number of Topliss-reactive ketones (excluding diaryl/α,β-unsaturated/α-hetero) is 1. The van der Waals surface area contributed by atoms with Crippen molar-refractivity contribution in [2.45, 2.75) is 26.4 Å². The summed E-state index contributed by atoms with van der Waals surface area (Å²) in [7, 11) is 3.74. The Labute approximate surface area is 148 Å². The van der Waals surface area contributed by atoms with Crippen molar-refractivity contribution < 1.29 is 14.4 Å². The zero-order chi connectivity index (χ0) is 18.0. The molecule has 0 fully saturated rings. The molecule has 0 amide bonds. The minimum atomic E-state index is -0.149. The van der Waals surface area contributed by atoms with Crippen LogP contribution in [0.4, 0.5) is 0 Å². The zero-order valence-electron chi connectivity index (χ0n) is 15.2. The predicted molar refractivity (Wildman–Crippen MR) is 100 cm³/mol. The number of carbonyl (C=O) groups excluding carboxylic acids is 1. The Morgan fingerprint density at radius 3 is 2.76 bits per heavy atom. The second-order valence-electron chi connectivity index (χ2n) is 6.67. The minimum Gasteiger partial charge on any atom is -0.496 e. The highest BCUT2D eigenvalue weighted by atomic mass is 16.5. The number of methoxy groups -OCH3 is 1. The van der Waals surface area contributed by atoms with Crippen LogP contribution in [0.5, 0.6) is 5.75 Å². The highest BCUT2D eigenvalue weighted by Crippen LogP contribution is 2.20. The van der Waals surface area contributed by atoms with Gasteiger partial charge in [0.25, 0.3) is 0 Å². The van der Waals surface area contributed by atoms with Crippen LogP contribution in [0.1, 0.15) is 28.4 Å². The number of para-hydroxylation sites is 1. The molecule has 0 spiro atoms. The first-order valence-electron chi connectivity index (χ1n) is 8.57. The molecule has 0 radical (unpaired) electrons. The number of fused-ring (bicyclic) bond motifs is 1. The second kappa shape index (κ2) is 7.11. The van der Waals surface area contributed by atoms with Crippen molar-refractivity contribution in [3.8, 4) is 5.75 Å². The number of benzene rings is 2. The number of nitrogens with one attached hydrogen (secondary N) is 2. The van der Waals surface area contributed by atoms with E-state index in [0.29, 0.717) is 0 Å². The van der Waals surface area contributed by atoms with Gasteiger partial charge in [0.15, 0.2) is 0 Å². The Morgan fingerprint density at radius 1 is 1.24 bits per heavy atom. The van der Waals surface area contributed by atoms with Gasteiger partial charge in [-0.3, -0.25) is 4.79 Å². The number of aryl methyl sites for hydroxylation is 1. The maximum Gasteiger partial charge on any atom is 0.221 e. The molecule has 1 heterocycles. The average Bonchev–Trinajstić information content (AvgIpc) is 3.04. The van der Waals surface area contributed by atoms with Gasteiger partial charge in [0.1, 0.15) is 18.3 Å². The fraction of sp³-hybridized carbons (Fsp3) is 0.286. The summed E-state index contributed by atoms with van der Waals surface area (Å²) in [5.74, 6) is 1.03. The van der Waals surface area contributed by atoms with Crippen LogP contribution in [-0.4, -0.2) is 31.0 Å². The number of rotatable bonds is 6. The van der Waals surface area contributed by atoms with Crippen molar-refractivity contribution in [3.63, 3.8) is 0 Å². The van der Waals surface area contributed by atoms with Crippen molar-refractivity contribution in [3.05, 3.63) is 65.4 Å². The van der Waals surface area contributed by atoms with Crippen molar-refractivity contribution in [2.24, 2.45) is 0 Å². The molecule has 1 unspecified atom stereocenters. The van der Waals surface area contributed by atoms with Gasteiger partial charge in [-0.1, -0.05) is 29.8 Å². The molecule has 0 aliphatic rings. The van der Waals surface area contributed by atoms with Crippen molar-refractivity contribution >= 4 is 16.7 Å². The predicted octanol–water partition coefficient (Wildman–Crippen LogP) is 2.77. The van der Waals surface area contributed by atoms with Crippen LogP contribution >= 0.6 is 0 Å². The quantitative estimate of drug-likeness (QED) is 0.680. The topological polar surface area (TPSA) is 46.5 Å². The standard InChI is InChI=1S/C21H24N2O2/c1-14-9-10-20(25-4)16(11-14)13-23(3)15(2)21(24)18-12-22-19-8-6-5-7-17(18)19/h5-12,15,22H,13H2,1-4H3/p+1/t15-/m0/s1. The van der Waals surface area contributed by atoms with Crippen molar-refractivity contribution in [1.29, 1.82) is 0 Å². The van der Waals surface area contributed by atoms with Crippen LogP contribution in [0.2, 0.25) is 0 Å². The molecule has 4 heteroatoms. The number of hydrogen-bond acceptors (Lipinski definition) is 2. The van der Waals surface area contributed by atoms with E-state index in [4.69, 9.17) is 4.74 Å². The first kappa shape index (κ1) is 17.2. The SMILES string of the molecule is COc1ccc(C)cc1C[NH+](C)[C@@H](C)C(=O)c1c[nH]c2ccccc12. The van der Waals surface area contributed by atoms with Crippen LogP contribution < -0.4 is 9.64 Å². The number of aromatic amines is 1. The molecule has 0 aliphatic heterocycles. The fourth-order valence-electron chi connectivity index (χ4n) is 3.23. The van der Waals surface area contributed by atoms with Gasteiger partial charge < -0.3 is 14.6 Å². The van der Waals surface area contributed by atoms with E-state index in [2.05, 4.69) is 25.0 Å². The molecule has 1 aromatic heterocycles. The van der Waals surface area contributed by atoms with Crippen LogP contribution in [0.3, 0.4) is 0 Å². The van der Waals surface area contributed by atoms with Gasteiger partial charge in [-0.2, -0.15) is 0 Å². The van der Waals surface area contributed by atoms with Gasteiger partial charge in [0.2, 0.25) is 5.78 Å². The Bertz CT molecular complexity index is 898. The van der Waals surface area contributed by atoms with E-state index in [1.807, 2.05) is 49.5 Å². The molecule has 0 saturated heterocycles. The molecule has 130 valence electrons. The van der Waals surface area contributed by atoms with Crippen LogP contribution in [0.15, 0.2) is 48.7 Å². The molecule has 2 aromatic carbocycles. The summed E-state index contributed by atoms with van der Waals surface area (Å²) in [5, 5.41) is 0.986. The number of hydrogen-bond donors (Lipinski definition) is 2. The van der Waals surface area contributed by atoms with Crippen LogP contribution in [-0.2, 0) is 6.54 Å². The van der Waals surface area contributed by atoms with E-state index in [0.717, 1.165) is 39.2 Å². The third-order valence-corrected chi connectivity index (χ3v) is 4.89. The number of ketones is 1. The number of quaternary nitrogens is 1. The van der Waals surface area contributed by atoms with E-state index in [1.54, 1.807) is 7.11 Å². The lowest BCUT2D eigenvalue weighted by atomic mass is 10.0. The van der Waals surface area contributed by atoms with Crippen molar-refractivity contribution in [1.82, 2.24) is 4.98 Å². The monoisotopic (exact) mass is 337 g/mol. The number of H-pyrrole nitrogens is 1. The lowest BCUT2D eigenvalue weighted by Crippen LogP contribution is -3.12. The third kappa shape index (κ3) is 3.44. The van der Waals surface area contributed by atoms with Crippen LogP contribution in [0.25, 0.3) is 10.9 Å². The molecule has 0 saturated carbocycles. The molecule has 2 N–H and O–H groups in total. The summed E-state index contributed by atoms with van der Waals surface area (Å²) >= 11 is 0. The highest BCUT2D eigenvalue weighted by Gasteiger charge is 2.26. The number of likely N-dealkylation sites (N-methyl/N-ethyl adjacent to an activating group) is 1. The van der Waals surface area contributed by atoms with E-state index in [1.165, 1.54) is 5.56 Å². The Balaban J connectivity index is 1.81. The molecular formula is C21H25N2O2+. The van der Waals surface area contributed by atoms with E-state index in [-0.39, 0.29) is 11.8 Å². The minimum absolute atomic E-state index is 0.149. The van der Waals surface area contributed by atoms with Crippen LogP contribution in [0, 0.1) is 6.92 Å².